The van der Waals surface area contributed by atoms with E-state index in [9.17, 15) is 0 Å². The van der Waals surface area contributed by atoms with Crippen molar-refractivity contribution in [2.24, 2.45) is 0 Å². The van der Waals surface area contributed by atoms with E-state index in [1.807, 2.05) is 19.2 Å². The summed E-state index contributed by atoms with van der Waals surface area (Å²) in [5.74, 6) is 0. The largest absolute Gasteiger partial charge is 0.307 e. The van der Waals surface area contributed by atoms with Crippen LogP contribution in [0, 0.1) is 0 Å². The molecule has 2 aromatic heterocycles. The van der Waals surface area contributed by atoms with Crippen molar-refractivity contribution in [2.45, 2.75) is 6.04 Å². The summed E-state index contributed by atoms with van der Waals surface area (Å²) < 4.78 is 1.13. The zero-order valence-corrected chi connectivity index (χ0v) is 12.8. The molecule has 96 valence electrons. The molecule has 1 N–H and O–H groups in total. The van der Waals surface area contributed by atoms with E-state index in [1.165, 1.54) is 10.3 Å². The van der Waals surface area contributed by atoms with Crippen LogP contribution in [0.1, 0.15) is 16.6 Å². The minimum absolute atomic E-state index is 0.124. The number of para-hydroxylation sites is 1. The van der Waals surface area contributed by atoms with Gasteiger partial charge >= 0.3 is 0 Å². The molecule has 0 aliphatic carbocycles. The molecule has 4 heteroatoms. The number of nitrogens with one attached hydrogen (secondary N) is 1. The number of benzene rings is 1. The number of hydrogen-bond donors (Lipinski definition) is 1. The molecule has 1 unspecified atom stereocenters. The van der Waals surface area contributed by atoms with Gasteiger partial charge in [0.25, 0.3) is 0 Å². The molecule has 1 aromatic carbocycles. The second-order valence-electron chi connectivity index (χ2n) is 4.28. The van der Waals surface area contributed by atoms with Crippen molar-refractivity contribution < 1.29 is 0 Å². The van der Waals surface area contributed by atoms with Gasteiger partial charge in [-0.25, -0.2) is 0 Å². The molecule has 0 saturated heterocycles. The Hall–Kier alpha value is -1.23. The SMILES string of the molecule is CNC(c1ccc2ccccc2n1)c1sccc1Br. The third-order valence-electron chi connectivity index (χ3n) is 3.11. The molecule has 0 aliphatic heterocycles. The highest BCUT2D eigenvalue weighted by molar-refractivity contribution is 9.10. The maximum Gasteiger partial charge on any atom is 0.0854 e. The summed E-state index contributed by atoms with van der Waals surface area (Å²) in [4.78, 5) is 6.02. The van der Waals surface area contributed by atoms with E-state index >= 15 is 0 Å². The van der Waals surface area contributed by atoms with E-state index in [1.54, 1.807) is 11.3 Å². The molecule has 0 saturated carbocycles. The predicted octanol–water partition coefficient (Wildman–Crippen LogP) is 4.37. The van der Waals surface area contributed by atoms with Gasteiger partial charge in [-0.3, -0.25) is 4.98 Å². The maximum atomic E-state index is 4.77. The molecule has 19 heavy (non-hydrogen) atoms. The molecule has 0 amide bonds. The van der Waals surface area contributed by atoms with Gasteiger partial charge in [0.2, 0.25) is 0 Å². The van der Waals surface area contributed by atoms with Crippen LogP contribution in [0.25, 0.3) is 10.9 Å². The number of nitrogens with zero attached hydrogens (tertiary/aromatic N) is 1. The van der Waals surface area contributed by atoms with Crippen LogP contribution in [-0.2, 0) is 0 Å². The monoisotopic (exact) mass is 332 g/mol. The minimum atomic E-state index is 0.124. The Labute approximate surface area is 124 Å². The molecule has 0 fully saturated rings. The maximum absolute atomic E-state index is 4.77. The van der Waals surface area contributed by atoms with Gasteiger partial charge in [0.05, 0.1) is 17.3 Å². The quantitative estimate of drug-likeness (QED) is 0.770. The molecule has 0 radical (unpaired) electrons. The van der Waals surface area contributed by atoms with E-state index in [2.05, 4.69) is 57.0 Å². The number of hydrogen-bond acceptors (Lipinski definition) is 3. The molecule has 0 bridgehead atoms. The Bertz CT molecular complexity index is 708. The van der Waals surface area contributed by atoms with Crippen molar-refractivity contribution >= 4 is 38.2 Å². The molecule has 2 nitrogen and oxygen atoms in total. The Morgan fingerprint density at radius 1 is 1.16 bits per heavy atom. The van der Waals surface area contributed by atoms with Gasteiger partial charge in [-0.2, -0.15) is 0 Å². The second kappa shape index (κ2) is 5.41. The predicted molar refractivity (Wildman–Crippen MR) is 84.7 cm³/mol. The number of halogens is 1. The van der Waals surface area contributed by atoms with E-state index in [0.29, 0.717) is 0 Å². The number of fused-ring (bicyclic) bond motifs is 1. The first-order valence-corrected chi connectivity index (χ1v) is 7.72. The second-order valence-corrected chi connectivity index (χ2v) is 6.09. The zero-order chi connectivity index (χ0) is 13.2. The van der Waals surface area contributed by atoms with Crippen molar-refractivity contribution in [3.05, 3.63) is 62.9 Å². The van der Waals surface area contributed by atoms with Crippen LogP contribution in [0.2, 0.25) is 0 Å². The lowest BCUT2D eigenvalue weighted by Crippen LogP contribution is -2.18. The lowest BCUT2D eigenvalue weighted by atomic mass is 10.1. The fourth-order valence-electron chi connectivity index (χ4n) is 2.17. The summed E-state index contributed by atoms with van der Waals surface area (Å²) in [6.07, 6.45) is 0. The average molecular weight is 333 g/mol. The zero-order valence-electron chi connectivity index (χ0n) is 10.4. The smallest absolute Gasteiger partial charge is 0.0854 e. The summed E-state index contributed by atoms with van der Waals surface area (Å²) in [6.45, 7) is 0. The van der Waals surface area contributed by atoms with Crippen molar-refractivity contribution in [1.82, 2.24) is 10.3 Å². The van der Waals surface area contributed by atoms with Gasteiger partial charge in [-0.05, 0) is 46.6 Å². The molecule has 0 aliphatic rings. The van der Waals surface area contributed by atoms with Gasteiger partial charge in [0.1, 0.15) is 0 Å². The fourth-order valence-corrected chi connectivity index (χ4v) is 3.89. The van der Waals surface area contributed by atoms with Gasteiger partial charge < -0.3 is 5.32 Å². The van der Waals surface area contributed by atoms with Crippen LogP contribution < -0.4 is 5.32 Å². The summed E-state index contributed by atoms with van der Waals surface area (Å²) in [6, 6.07) is 14.6. The van der Waals surface area contributed by atoms with Crippen molar-refractivity contribution in [2.75, 3.05) is 7.05 Å². The lowest BCUT2D eigenvalue weighted by molar-refractivity contribution is 0.683. The summed E-state index contributed by atoms with van der Waals surface area (Å²) >= 11 is 5.33. The van der Waals surface area contributed by atoms with E-state index in [0.717, 1.165) is 15.7 Å². The highest BCUT2D eigenvalue weighted by atomic mass is 79.9. The van der Waals surface area contributed by atoms with Crippen LogP contribution in [0.5, 0.6) is 0 Å². The molecule has 2 heterocycles. The highest BCUT2D eigenvalue weighted by Gasteiger charge is 2.17. The Kier molecular flexibility index (Phi) is 3.64. The van der Waals surface area contributed by atoms with Gasteiger partial charge in [-0.15, -0.1) is 11.3 Å². The molecule has 3 aromatic rings. The van der Waals surface area contributed by atoms with Crippen LogP contribution >= 0.6 is 27.3 Å². The molecule has 0 spiro atoms. The van der Waals surface area contributed by atoms with Gasteiger partial charge in [0, 0.05) is 14.7 Å². The number of thiophene rings is 1. The van der Waals surface area contributed by atoms with Crippen molar-refractivity contribution in [1.29, 1.82) is 0 Å². The van der Waals surface area contributed by atoms with E-state index < -0.39 is 0 Å². The minimum Gasteiger partial charge on any atom is -0.307 e. The Morgan fingerprint density at radius 2 is 2.00 bits per heavy atom. The van der Waals surface area contributed by atoms with Crippen LogP contribution in [-0.4, -0.2) is 12.0 Å². The first-order valence-electron chi connectivity index (χ1n) is 6.05. The van der Waals surface area contributed by atoms with Gasteiger partial charge in [-0.1, -0.05) is 24.3 Å². The fraction of sp³-hybridized carbons (Fsp3) is 0.133. The average Bonchev–Trinajstić information content (AvgIpc) is 2.86. The summed E-state index contributed by atoms with van der Waals surface area (Å²) in [7, 11) is 1.97. The van der Waals surface area contributed by atoms with Crippen LogP contribution in [0.4, 0.5) is 0 Å². The summed E-state index contributed by atoms with van der Waals surface area (Å²) in [5, 5.41) is 6.60. The molecule has 3 rings (SSSR count). The van der Waals surface area contributed by atoms with Gasteiger partial charge in [0.15, 0.2) is 0 Å². The summed E-state index contributed by atoms with van der Waals surface area (Å²) in [5.41, 5.74) is 2.08. The van der Waals surface area contributed by atoms with Crippen LogP contribution in [0.3, 0.4) is 0 Å². The lowest BCUT2D eigenvalue weighted by Gasteiger charge is -2.15. The van der Waals surface area contributed by atoms with Crippen molar-refractivity contribution in [3.8, 4) is 0 Å². The number of rotatable bonds is 3. The third kappa shape index (κ3) is 2.43. The Balaban J connectivity index is 2.09. The first-order chi connectivity index (χ1) is 9.29. The first kappa shape index (κ1) is 12.8. The standard InChI is InChI=1S/C15H13BrN2S/c1-17-14(15-11(16)8-9-19-15)13-7-6-10-4-2-3-5-12(10)18-13/h2-9,14,17H,1H3. The van der Waals surface area contributed by atoms with Crippen LogP contribution in [0.15, 0.2) is 52.3 Å². The topological polar surface area (TPSA) is 24.9 Å². The number of aromatic nitrogens is 1. The Morgan fingerprint density at radius 3 is 2.74 bits per heavy atom. The highest BCUT2D eigenvalue weighted by Crippen LogP contribution is 2.32. The van der Waals surface area contributed by atoms with E-state index in [4.69, 9.17) is 4.98 Å². The molecule has 1 atom stereocenters. The normalized spacial score (nSPS) is 12.7. The third-order valence-corrected chi connectivity index (χ3v) is 5.05. The van der Waals surface area contributed by atoms with Crippen molar-refractivity contribution in [3.63, 3.8) is 0 Å². The molecular formula is C15H13BrN2S. The van der Waals surface area contributed by atoms with E-state index in [-0.39, 0.29) is 6.04 Å². The number of pyridine rings is 1. The molecular weight excluding hydrogens is 320 g/mol.